The summed E-state index contributed by atoms with van der Waals surface area (Å²) in [5, 5.41) is 8.01. The predicted molar refractivity (Wildman–Crippen MR) is 398 cm³/mol. The molecule has 104 heavy (non-hydrogen) atoms. The number of hydrogen-bond donors (Lipinski definition) is 0. The standard InChI is InChI=1S/C74H86Cl4N8O18/c1-39-27-25-29-51(41(39)3)81(63(93)99-69(7,8)9)59(89)45-31-33-48(76)55(36-45)86(68(98)104-74(22,23)24)80-58(44(6)88)62(92)84(66(96)102-72(16,17)18)54-35-40(2)53(38-50(54)78)83(65(95)101-71(13,14)15)61(91)57(43(5)87)79-85(67(97)103-73(19,20)21)56-37-46(32-34-49(56)77)60(90)82(64(94)100-70(10,11)12)52-30-26-28-47(75)42(52)4/h25-38H,1-24H3/b79-57+,80-58+. The van der Waals surface area contributed by atoms with Crippen molar-refractivity contribution >= 4 is 164 Å². The van der Waals surface area contributed by atoms with Gasteiger partial charge in [-0.15, -0.1) is 0 Å². The van der Waals surface area contributed by atoms with Crippen molar-refractivity contribution in [1.82, 2.24) is 0 Å². The Bertz CT molecular complexity index is 4100. The van der Waals surface area contributed by atoms with Crippen molar-refractivity contribution in [2.45, 2.75) is 200 Å². The number of amides is 10. The van der Waals surface area contributed by atoms with E-state index in [1.165, 1.54) is 132 Å². The van der Waals surface area contributed by atoms with E-state index in [4.69, 9.17) is 74.8 Å². The van der Waals surface area contributed by atoms with Gasteiger partial charge in [-0.05, 0) is 241 Å². The SMILES string of the molecule is CC(=O)/C(=N\N(C(=O)OC(C)(C)C)c1cc(C(=O)N(C(=O)OC(C)(C)C)c2cccc(Cl)c2C)ccc1Cl)C(=O)N(C(=O)OC(C)(C)C)c1cc(Cl)c(N(C(=O)OC(C)(C)C)C(=O)/C(=N/N(C(=O)OC(C)(C)C)c2cc(C(=O)N(C(=O)OC(C)(C)C)c3cccc(C)c3C)ccc2Cl)C(C)=O)cc1C. The maximum atomic E-state index is 15.5. The Morgan fingerprint density at radius 3 is 0.981 bits per heavy atom. The lowest BCUT2D eigenvalue weighted by atomic mass is 10.1. The predicted octanol–water partition coefficient (Wildman–Crippen LogP) is 18.0. The first-order valence-electron chi connectivity index (χ1n) is 32.2. The molecule has 0 aromatic heterocycles. The zero-order valence-electron chi connectivity index (χ0n) is 62.5. The molecule has 0 atom stereocenters. The van der Waals surface area contributed by atoms with E-state index < -0.39 is 145 Å². The zero-order valence-corrected chi connectivity index (χ0v) is 65.5. The minimum absolute atomic E-state index is 0.00714. The van der Waals surface area contributed by atoms with E-state index in [1.807, 2.05) is 0 Å². The Hall–Kier alpha value is -9.76. The number of carbonyl (C=O) groups excluding carboxylic acids is 12. The quantitative estimate of drug-likeness (QED) is 0.0431. The number of imide groups is 4. The molecular weight excluding hydrogens is 1430 g/mol. The number of rotatable bonds is 14. The second-order valence-corrected chi connectivity index (χ2v) is 31.2. The maximum absolute atomic E-state index is 15.5. The van der Waals surface area contributed by atoms with Gasteiger partial charge in [0, 0.05) is 30.0 Å². The molecule has 0 saturated heterocycles. The van der Waals surface area contributed by atoms with E-state index in [0.29, 0.717) is 36.5 Å². The third kappa shape index (κ3) is 22.1. The summed E-state index contributed by atoms with van der Waals surface area (Å²) in [5.41, 5.74) is -11.6. The number of ketones is 2. The number of hydrazone groups is 2. The molecule has 0 aliphatic carbocycles. The van der Waals surface area contributed by atoms with Crippen LogP contribution in [0.3, 0.4) is 0 Å². The van der Waals surface area contributed by atoms with E-state index in [-0.39, 0.29) is 48.0 Å². The molecule has 0 radical (unpaired) electrons. The van der Waals surface area contributed by atoms with Gasteiger partial charge in [0.2, 0.25) is 0 Å². The molecule has 558 valence electrons. The summed E-state index contributed by atoms with van der Waals surface area (Å²) in [4.78, 5) is 178. The molecule has 5 aromatic carbocycles. The molecule has 5 aromatic rings. The first-order chi connectivity index (χ1) is 47.4. The lowest BCUT2D eigenvalue weighted by Gasteiger charge is -2.30. The highest BCUT2D eigenvalue weighted by molar-refractivity contribution is 6.70. The minimum atomic E-state index is -1.64. The van der Waals surface area contributed by atoms with Crippen molar-refractivity contribution < 1.29 is 86.0 Å². The number of anilines is 6. The van der Waals surface area contributed by atoms with Crippen LogP contribution in [0.25, 0.3) is 0 Å². The van der Waals surface area contributed by atoms with E-state index in [0.717, 1.165) is 49.1 Å². The fraction of sp³-hybridized carbons (Fsp3) is 0.405. The number of hydrogen-bond acceptors (Lipinski definition) is 20. The molecule has 0 heterocycles. The summed E-state index contributed by atoms with van der Waals surface area (Å²) < 4.78 is 34.2. The lowest BCUT2D eigenvalue weighted by Crippen LogP contribution is -2.48. The molecular formula is C74H86Cl4N8O18. The fourth-order valence-electron chi connectivity index (χ4n) is 9.09. The average Bonchev–Trinajstić information content (AvgIpc) is 0.776. The van der Waals surface area contributed by atoms with Crippen molar-refractivity contribution in [1.29, 1.82) is 0 Å². The average molecular weight is 1520 g/mol. The molecule has 0 N–H and O–H groups in total. The van der Waals surface area contributed by atoms with Gasteiger partial charge in [-0.3, -0.25) is 28.8 Å². The Kier molecular flexibility index (Phi) is 26.5. The van der Waals surface area contributed by atoms with Crippen LogP contribution in [-0.2, 0) is 47.6 Å². The molecule has 0 spiro atoms. The van der Waals surface area contributed by atoms with Gasteiger partial charge in [0.15, 0.2) is 23.0 Å². The lowest BCUT2D eigenvalue weighted by molar-refractivity contribution is -0.117. The molecule has 0 aliphatic rings. The second kappa shape index (κ2) is 32.5. The zero-order chi connectivity index (χ0) is 79.3. The van der Waals surface area contributed by atoms with E-state index >= 15 is 9.59 Å². The van der Waals surface area contributed by atoms with Crippen LogP contribution in [0.15, 0.2) is 95.1 Å². The number of Topliss-reactive ketones (excluding diaryl/α,β-unsaturated/α-hetero) is 2. The number of nitrogens with zero attached hydrogens (tertiary/aromatic N) is 8. The minimum Gasteiger partial charge on any atom is -0.443 e. The van der Waals surface area contributed by atoms with Crippen LogP contribution in [0, 0.1) is 27.7 Å². The molecule has 0 aliphatic heterocycles. The second-order valence-electron chi connectivity index (χ2n) is 29.6. The number of carbonyl (C=O) groups is 12. The highest BCUT2D eigenvalue weighted by Crippen LogP contribution is 2.39. The summed E-state index contributed by atoms with van der Waals surface area (Å²) in [5.74, 6) is -7.74. The Morgan fingerprint density at radius 1 is 0.317 bits per heavy atom. The van der Waals surface area contributed by atoms with Gasteiger partial charge in [-0.2, -0.15) is 20.2 Å². The van der Waals surface area contributed by atoms with Crippen LogP contribution in [0.5, 0.6) is 0 Å². The summed E-state index contributed by atoms with van der Waals surface area (Å²) in [6, 6.07) is 18.0. The molecule has 26 nitrogen and oxygen atoms in total. The van der Waals surface area contributed by atoms with Crippen LogP contribution >= 0.6 is 46.4 Å². The third-order valence-corrected chi connectivity index (χ3v) is 15.0. The fourth-order valence-corrected chi connectivity index (χ4v) is 9.89. The Morgan fingerprint density at radius 2 is 0.635 bits per heavy atom. The summed E-state index contributed by atoms with van der Waals surface area (Å²) in [6.07, 6.45) is -8.05. The topological polar surface area (TPSA) is 304 Å². The number of ether oxygens (including phenoxy) is 6. The Labute approximate surface area is 624 Å². The van der Waals surface area contributed by atoms with Gasteiger partial charge >= 0.3 is 36.6 Å². The maximum Gasteiger partial charge on any atom is 0.435 e. The van der Waals surface area contributed by atoms with E-state index in [9.17, 15) is 47.9 Å². The number of benzene rings is 5. The summed E-state index contributed by atoms with van der Waals surface area (Å²) in [7, 11) is 0. The molecule has 30 heteroatoms. The van der Waals surface area contributed by atoms with Crippen LogP contribution < -0.4 is 29.6 Å². The van der Waals surface area contributed by atoms with Crippen molar-refractivity contribution in [2.75, 3.05) is 29.6 Å². The first-order valence-corrected chi connectivity index (χ1v) is 33.7. The van der Waals surface area contributed by atoms with Gasteiger partial charge in [0.25, 0.3) is 23.6 Å². The summed E-state index contributed by atoms with van der Waals surface area (Å²) >= 11 is 27.3. The van der Waals surface area contributed by atoms with Gasteiger partial charge in [0.1, 0.15) is 33.6 Å². The Balaban J connectivity index is 1.80. The van der Waals surface area contributed by atoms with Crippen molar-refractivity contribution in [3.05, 3.63) is 138 Å². The molecule has 0 bridgehead atoms. The summed E-state index contributed by atoms with van der Waals surface area (Å²) in [6.45, 7) is 35.0. The van der Waals surface area contributed by atoms with E-state index in [1.54, 1.807) is 74.4 Å². The largest absolute Gasteiger partial charge is 0.443 e. The van der Waals surface area contributed by atoms with Crippen LogP contribution in [0.1, 0.15) is 181 Å². The highest BCUT2D eigenvalue weighted by atomic mass is 35.5. The van der Waals surface area contributed by atoms with E-state index in [2.05, 4.69) is 10.2 Å². The number of halogens is 4. The van der Waals surface area contributed by atoms with Crippen molar-refractivity contribution in [3.8, 4) is 0 Å². The normalized spacial score (nSPS) is 12.2. The van der Waals surface area contributed by atoms with Crippen molar-refractivity contribution in [2.24, 2.45) is 10.2 Å². The molecule has 0 fully saturated rings. The van der Waals surface area contributed by atoms with Crippen LogP contribution in [0.4, 0.5) is 62.9 Å². The van der Waals surface area contributed by atoms with Crippen molar-refractivity contribution in [3.63, 3.8) is 0 Å². The third-order valence-electron chi connectivity index (χ3n) is 13.6. The number of aryl methyl sites for hydroxylation is 2. The molecule has 0 unspecified atom stereocenters. The van der Waals surface area contributed by atoms with Gasteiger partial charge in [0.05, 0.1) is 49.2 Å². The first kappa shape index (κ1) is 84.9. The highest BCUT2D eigenvalue weighted by Gasteiger charge is 2.42. The van der Waals surface area contributed by atoms with Gasteiger partial charge in [-0.25, -0.2) is 48.4 Å². The van der Waals surface area contributed by atoms with Gasteiger partial charge in [-0.1, -0.05) is 64.6 Å². The van der Waals surface area contributed by atoms with Gasteiger partial charge < -0.3 is 28.4 Å². The molecule has 10 amide bonds. The van der Waals surface area contributed by atoms with Crippen LogP contribution in [-0.4, -0.2) is 117 Å². The monoisotopic (exact) mass is 1510 g/mol. The van der Waals surface area contributed by atoms with Crippen LogP contribution in [0.2, 0.25) is 20.1 Å². The molecule has 0 saturated carbocycles. The molecule has 5 rings (SSSR count). The smallest absolute Gasteiger partial charge is 0.435 e.